The van der Waals surface area contributed by atoms with Crippen LogP contribution in [0.25, 0.3) is 0 Å². The van der Waals surface area contributed by atoms with Gasteiger partial charge < -0.3 is 0 Å². The van der Waals surface area contributed by atoms with Crippen LogP contribution in [0.2, 0.25) is 0 Å². The Balaban J connectivity index is 1.75. The average Bonchev–Trinajstić information content (AvgIpc) is 2.31. The van der Waals surface area contributed by atoms with E-state index in [1.807, 2.05) is 0 Å². The Hall–Kier alpha value is -0.0900. The molecular formula is C17H27P. The van der Waals surface area contributed by atoms with Crippen LogP contribution in [0.5, 0.6) is 0 Å². The fourth-order valence-electron chi connectivity index (χ4n) is 6.27. The maximum atomic E-state index is 2.62. The van der Waals surface area contributed by atoms with Crippen LogP contribution < -0.4 is 0 Å². The summed E-state index contributed by atoms with van der Waals surface area (Å²) >= 11 is 0. The molecular weight excluding hydrogens is 235 g/mol. The molecule has 0 aromatic rings. The van der Waals surface area contributed by atoms with E-state index in [-0.39, 0.29) is 0 Å². The van der Waals surface area contributed by atoms with Crippen molar-refractivity contribution in [3.05, 3.63) is 24.3 Å². The van der Waals surface area contributed by atoms with E-state index in [1.165, 1.54) is 0 Å². The van der Waals surface area contributed by atoms with Gasteiger partial charge >= 0.3 is 112 Å². The number of allylic oxidation sites excluding steroid dienone is 4. The van der Waals surface area contributed by atoms with Gasteiger partial charge in [0.2, 0.25) is 0 Å². The SMILES string of the molecule is CC1C=CC=CC1(C)[PH]12CC3CC(CC(C3)C1)C2. The van der Waals surface area contributed by atoms with Crippen molar-refractivity contribution in [1.29, 1.82) is 0 Å². The van der Waals surface area contributed by atoms with E-state index in [0.29, 0.717) is 5.16 Å². The van der Waals surface area contributed by atoms with Crippen molar-refractivity contribution in [3.8, 4) is 0 Å². The third-order valence-corrected chi connectivity index (χ3v) is 14.1. The second-order valence-electron chi connectivity index (χ2n) is 8.01. The topological polar surface area (TPSA) is 0 Å². The number of hydrogen-bond acceptors (Lipinski definition) is 0. The summed E-state index contributed by atoms with van der Waals surface area (Å²) in [4.78, 5) is 0. The van der Waals surface area contributed by atoms with E-state index < -0.39 is 7.26 Å². The van der Waals surface area contributed by atoms with Gasteiger partial charge in [-0.3, -0.25) is 0 Å². The monoisotopic (exact) mass is 262 g/mol. The molecule has 2 atom stereocenters. The third kappa shape index (κ3) is 1.42. The molecule has 2 unspecified atom stereocenters. The fraction of sp³-hybridized carbons (Fsp3) is 0.765. The average molecular weight is 262 g/mol. The Morgan fingerprint density at radius 3 is 2.00 bits per heavy atom. The van der Waals surface area contributed by atoms with E-state index in [2.05, 4.69) is 38.2 Å². The zero-order valence-electron chi connectivity index (χ0n) is 11.9. The van der Waals surface area contributed by atoms with Crippen LogP contribution in [0, 0.1) is 23.7 Å². The number of rotatable bonds is 1. The van der Waals surface area contributed by atoms with Crippen LogP contribution in [-0.4, -0.2) is 23.6 Å². The van der Waals surface area contributed by atoms with Crippen molar-refractivity contribution in [3.63, 3.8) is 0 Å². The molecule has 5 rings (SSSR count). The van der Waals surface area contributed by atoms with Gasteiger partial charge in [-0.15, -0.1) is 0 Å². The van der Waals surface area contributed by atoms with Gasteiger partial charge in [0.05, 0.1) is 0 Å². The van der Waals surface area contributed by atoms with Crippen LogP contribution in [0.4, 0.5) is 0 Å². The second kappa shape index (κ2) is 3.72. The molecule has 3 saturated heterocycles. The molecule has 3 heterocycles. The van der Waals surface area contributed by atoms with Crippen molar-refractivity contribution in [2.75, 3.05) is 18.5 Å². The van der Waals surface area contributed by atoms with E-state index >= 15 is 0 Å². The minimum atomic E-state index is -1.07. The first-order chi connectivity index (χ1) is 8.61. The van der Waals surface area contributed by atoms with E-state index in [4.69, 9.17) is 0 Å². The molecule has 0 nitrogen and oxygen atoms in total. The summed E-state index contributed by atoms with van der Waals surface area (Å²) in [7, 11) is -1.07. The van der Waals surface area contributed by atoms with Gasteiger partial charge in [-0.05, 0) is 0 Å². The summed E-state index contributed by atoms with van der Waals surface area (Å²) in [6.07, 6.45) is 19.5. The first-order valence-electron chi connectivity index (χ1n) is 7.97. The number of hydrogen-bond donors (Lipinski definition) is 0. The molecule has 1 saturated carbocycles. The van der Waals surface area contributed by atoms with Gasteiger partial charge in [-0.1, -0.05) is 0 Å². The predicted molar refractivity (Wildman–Crippen MR) is 83.1 cm³/mol. The second-order valence-corrected chi connectivity index (χ2v) is 12.9. The van der Waals surface area contributed by atoms with Crippen molar-refractivity contribution in [2.24, 2.45) is 23.7 Å². The van der Waals surface area contributed by atoms with Crippen molar-refractivity contribution < 1.29 is 0 Å². The normalized spacial score (nSPS) is 53.7. The molecule has 0 aromatic heterocycles. The van der Waals surface area contributed by atoms with Gasteiger partial charge in [-0.2, -0.15) is 0 Å². The fourth-order valence-corrected chi connectivity index (χ4v) is 13.9. The molecule has 0 spiro atoms. The van der Waals surface area contributed by atoms with Crippen molar-refractivity contribution >= 4 is 7.26 Å². The first kappa shape index (κ1) is 11.7. The summed E-state index contributed by atoms with van der Waals surface area (Å²) in [5.41, 5.74) is 0. The van der Waals surface area contributed by atoms with Gasteiger partial charge in [0.1, 0.15) is 0 Å². The molecule has 3 aliphatic heterocycles. The Labute approximate surface area is 112 Å². The Morgan fingerprint density at radius 1 is 0.944 bits per heavy atom. The van der Waals surface area contributed by atoms with Crippen LogP contribution in [0.1, 0.15) is 33.1 Å². The van der Waals surface area contributed by atoms with Gasteiger partial charge in [0, 0.05) is 0 Å². The van der Waals surface area contributed by atoms with E-state index in [9.17, 15) is 0 Å². The summed E-state index contributed by atoms with van der Waals surface area (Å²) in [5, 5.41) is 0.567. The van der Waals surface area contributed by atoms with Crippen LogP contribution >= 0.6 is 7.26 Å². The molecule has 5 aliphatic rings. The summed E-state index contributed by atoms with van der Waals surface area (Å²) in [6.45, 7) is 5.10. The predicted octanol–water partition coefficient (Wildman–Crippen LogP) is 4.32. The Bertz CT molecular complexity index is 384. The molecule has 4 fully saturated rings. The molecule has 0 aromatic carbocycles. The molecule has 0 radical (unpaired) electrons. The zero-order valence-corrected chi connectivity index (χ0v) is 12.9. The molecule has 0 N–H and O–H groups in total. The molecule has 0 amide bonds. The molecule has 100 valence electrons. The first-order valence-corrected chi connectivity index (χ1v) is 10.6. The molecule has 1 heteroatoms. The molecule has 2 aliphatic carbocycles. The van der Waals surface area contributed by atoms with Gasteiger partial charge in [0.25, 0.3) is 0 Å². The standard InChI is InChI=1S/C17H27P/c1-13-5-3-4-6-17(13,2)18-10-14-7-15(11-18)9-16(8-14)12-18/h3-6,13-16,18H,7-12H2,1-2H3. The quantitative estimate of drug-likeness (QED) is 0.617. The van der Waals surface area contributed by atoms with E-state index in [0.717, 1.165) is 23.7 Å². The summed E-state index contributed by atoms with van der Waals surface area (Å²) < 4.78 is 0. The van der Waals surface area contributed by atoms with E-state index in [1.54, 1.807) is 37.7 Å². The van der Waals surface area contributed by atoms with Crippen LogP contribution in [0.3, 0.4) is 0 Å². The summed E-state index contributed by atoms with van der Waals surface area (Å²) in [6, 6.07) is 0. The van der Waals surface area contributed by atoms with Crippen molar-refractivity contribution in [2.45, 2.75) is 38.3 Å². The van der Waals surface area contributed by atoms with Gasteiger partial charge in [-0.25, -0.2) is 0 Å². The van der Waals surface area contributed by atoms with Crippen LogP contribution in [-0.2, 0) is 0 Å². The molecule has 18 heavy (non-hydrogen) atoms. The minimum absolute atomic E-state index is 0.567. The third-order valence-electron chi connectivity index (χ3n) is 7.08. The Kier molecular flexibility index (Phi) is 2.42. The van der Waals surface area contributed by atoms with Crippen molar-refractivity contribution in [1.82, 2.24) is 0 Å². The zero-order chi connectivity index (χ0) is 12.4. The molecule has 4 bridgehead atoms. The van der Waals surface area contributed by atoms with Crippen LogP contribution in [0.15, 0.2) is 24.3 Å². The van der Waals surface area contributed by atoms with Gasteiger partial charge in [0.15, 0.2) is 0 Å². The maximum absolute atomic E-state index is 2.62. The Morgan fingerprint density at radius 2 is 1.50 bits per heavy atom. The summed E-state index contributed by atoms with van der Waals surface area (Å²) in [5.74, 6) is 4.18.